The van der Waals surface area contributed by atoms with Gasteiger partial charge in [-0.05, 0) is 38.2 Å². The summed E-state index contributed by atoms with van der Waals surface area (Å²) in [6.45, 7) is 7.84. The third kappa shape index (κ3) is 2.77. The number of likely N-dealkylation sites (tertiary alicyclic amines) is 1. The Balaban J connectivity index is 1.76. The zero-order valence-corrected chi connectivity index (χ0v) is 15.6. The molecule has 1 aromatic carbocycles. The average Bonchev–Trinajstić information content (AvgIpc) is 3.00. The van der Waals surface area contributed by atoms with E-state index in [9.17, 15) is 4.79 Å². The smallest absolute Gasteiger partial charge is 0.257 e. The molecule has 1 amide bonds. The lowest BCUT2D eigenvalue weighted by molar-refractivity contribution is 0.0695. The summed E-state index contributed by atoms with van der Waals surface area (Å²) >= 11 is 0. The zero-order chi connectivity index (χ0) is 18.3. The number of hydrogen-bond acceptors (Lipinski definition) is 3. The predicted molar refractivity (Wildman–Crippen MR) is 102 cm³/mol. The van der Waals surface area contributed by atoms with Gasteiger partial charge in [0.2, 0.25) is 0 Å². The summed E-state index contributed by atoms with van der Waals surface area (Å²) in [5.41, 5.74) is 5.34. The molecule has 134 valence electrons. The number of nitrogens with zero attached hydrogens (tertiary/aromatic N) is 4. The van der Waals surface area contributed by atoms with Gasteiger partial charge in [-0.25, -0.2) is 9.50 Å². The third-order valence-corrected chi connectivity index (χ3v) is 5.42. The van der Waals surface area contributed by atoms with Crippen molar-refractivity contribution in [1.82, 2.24) is 19.5 Å². The number of piperidine rings is 1. The molecule has 0 unspecified atom stereocenters. The van der Waals surface area contributed by atoms with Gasteiger partial charge < -0.3 is 4.90 Å². The van der Waals surface area contributed by atoms with Crippen molar-refractivity contribution in [2.75, 3.05) is 13.1 Å². The quantitative estimate of drug-likeness (QED) is 0.706. The molecule has 3 aromatic rings. The highest BCUT2D eigenvalue weighted by Gasteiger charge is 2.25. The maximum absolute atomic E-state index is 13.0. The van der Waals surface area contributed by atoms with Gasteiger partial charge in [0.15, 0.2) is 5.65 Å². The molecule has 0 N–H and O–H groups in total. The van der Waals surface area contributed by atoms with Crippen molar-refractivity contribution in [2.45, 2.75) is 33.6 Å². The van der Waals surface area contributed by atoms with Crippen molar-refractivity contribution < 1.29 is 4.79 Å². The number of hydrogen-bond donors (Lipinski definition) is 0. The van der Waals surface area contributed by atoms with Crippen LogP contribution in [0.3, 0.4) is 0 Å². The summed E-state index contributed by atoms with van der Waals surface area (Å²) in [5, 5.41) is 4.67. The second-order valence-electron chi connectivity index (χ2n) is 7.29. The number of benzene rings is 1. The molecule has 0 bridgehead atoms. The summed E-state index contributed by atoms with van der Waals surface area (Å²) < 4.78 is 1.82. The van der Waals surface area contributed by atoms with Crippen LogP contribution in [0.2, 0.25) is 0 Å². The number of aryl methyl sites for hydroxylation is 2. The highest BCUT2D eigenvalue weighted by Crippen LogP contribution is 2.28. The number of aromatic nitrogens is 3. The number of fused-ring (bicyclic) bond motifs is 1. The second kappa shape index (κ2) is 6.56. The van der Waals surface area contributed by atoms with Crippen molar-refractivity contribution in [3.05, 3.63) is 53.5 Å². The maximum atomic E-state index is 13.0. The molecule has 1 fully saturated rings. The molecule has 26 heavy (non-hydrogen) atoms. The van der Waals surface area contributed by atoms with Crippen molar-refractivity contribution in [1.29, 1.82) is 0 Å². The standard InChI is InChI=1S/C21H24N4O/c1-14-9-11-24(12-10-14)21(26)18-13-22-20-19(17-7-5-4-6-8-17)15(2)23-25(20)16(18)3/h4-8,13-14H,9-12H2,1-3H3. The highest BCUT2D eigenvalue weighted by atomic mass is 16.2. The minimum absolute atomic E-state index is 0.0678. The molecule has 5 heteroatoms. The van der Waals surface area contributed by atoms with Gasteiger partial charge in [0, 0.05) is 24.8 Å². The van der Waals surface area contributed by atoms with Gasteiger partial charge in [-0.3, -0.25) is 4.79 Å². The van der Waals surface area contributed by atoms with Crippen LogP contribution in [0, 0.1) is 19.8 Å². The Labute approximate surface area is 153 Å². The first-order valence-corrected chi connectivity index (χ1v) is 9.26. The van der Waals surface area contributed by atoms with E-state index in [-0.39, 0.29) is 5.91 Å². The SMILES string of the molecule is Cc1nn2c(C)c(C(=O)N3CCC(C)CC3)cnc2c1-c1ccccc1. The van der Waals surface area contributed by atoms with E-state index < -0.39 is 0 Å². The van der Waals surface area contributed by atoms with E-state index >= 15 is 0 Å². The molecule has 4 rings (SSSR count). The van der Waals surface area contributed by atoms with E-state index in [2.05, 4.69) is 29.1 Å². The molecule has 5 nitrogen and oxygen atoms in total. The van der Waals surface area contributed by atoms with Crippen LogP contribution in [0.5, 0.6) is 0 Å². The number of amides is 1. The highest BCUT2D eigenvalue weighted by molar-refractivity contribution is 5.95. The molecule has 0 aliphatic carbocycles. The van der Waals surface area contributed by atoms with Crippen molar-refractivity contribution in [3.8, 4) is 11.1 Å². The van der Waals surface area contributed by atoms with Gasteiger partial charge in [-0.1, -0.05) is 37.3 Å². The van der Waals surface area contributed by atoms with Gasteiger partial charge in [-0.15, -0.1) is 0 Å². The number of rotatable bonds is 2. The minimum atomic E-state index is 0.0678. The van der Waals surface area contributed by atoms with Crippen LogP contribution in [0.1, 0.15) is 41.5 Å². The molecule has 1 aliphatic rings. The summed E-state index contributed by atoms with van der Waals surface area (Å²) in [4.78, 5) is 19.5. The Bertz CT molecular complexity index is 953. The summed E-state index contributed by atoms with van der Waals surface area (Å²) in [6, 6.07) is 10.2. The number of carbonyl (C=O) groups is 1. The van der Waals surface area contributed by atoms with Crippen LogP contribution in [0.15, 0.2) is 36.5 Å². The zero-order valence-electron chi connectivity index (χ0n) is 15.6. The van der Waals surface area contributed by atoms with Gasteiger partial charge in [-0.2, -0.15) is 5.10 Å². The fourth-order valence-electron chi connectivity index (χ4n) is 3.74. The summed E-state index contributed by atoms with van der Waals surface area (Å²) in [7, 11) is 0. The predicted octanol–water partition coefficient (Wildman–Crippen LogP) is 3.89. The molecule has 3 heterocycles. The van der Waals surface area contributed by atoms with Gasteiger partial charge in [0.1, 0.15) is 0 Å². The van der Waals surface area contributed by atoms with E-state index in [0.29, 0.717) is 11.5 Å². The van der Waals surface area contributed by atoms with Crippen molar-refractivity contribution in [2.24, 2.45) is 5.92 Å². The van der Waals surface area contributed by atoms with Crippen LogP contribution in [-0.2, 0) is 0 Å². The summed E-state index contributed by atoms with van der Waals surface area (Å²) in [6.07, 6.45) is 3.86. The Morgan fingerprint density at radius 3 is 2.50 bits per heavy atom. The van der Waals surface area contributed by atoms with E-state index in [1.54, 1.807) is 6.20 Å². The van der Waals surface area contributed by atoms with Gasteiger partial charge >= 0.3 is 0 Å². The molecule has 0 radical (unpaired) electrons. The van der Waals surface area contributed by atoms with Crippen molar-refractivity contribution >= 4 is 11.6 Å². The summed E-state index contributed by atoms with van der Waals surface area (Å²) in [5.74, 6) is 0.765. The van der Waals surface area contributed by atoms with Crippen LogP contribution in [0.25, 0.3) is 16.8 Å². The normalized spacial score (nSPS) is 15.6. The van der Waals surface area contributed by atoms with Gasteiger partial charge in [0.25, 0.3) is 5.91 Å². The second-order valence-corrected chi connectivity index (χ2v) is 7.29. The largest absolute Gasteiger partial charge is 0.339 e. The Morgan fingerprint density at radius 1 is 1.12 bits per heavy atom. The first-order valence-electron chi connectivity index (χ1n) is 9.26. The maximum Gasteiger partial charge on any atom is 0.257 e. The Morgan fingerprint density at radius 2 is 1.81 bits per heavy atom. The lowest BCUT2D eigenvalue weighted by Crippen LogP contribution is -2.38. The molecule has 1 saturated heterocycles. The average molecular weight is 348 g/mol. The van der Waals surface area contributed by atoms with Crippen LogP contribution >= 0.6 is 0 Å². The van der Waals surface area contributed by atoms with E-state index in [1.165, 1.54) is 0 Å². The monoisotopic (exact) mass is 348 g/mol. The van der Waals surface area contributed by atoms with Crippen LogP contribution in [-0.4, -0.2) is 38.5 Å². The fraction of sp³-hybridized carbons (Fsp3) is 0.381. The first kappa shape index (κ1) is 16.8. The van der Waals surface area contributed by atoms with Crippen LogP contribution < -0.4 is 0 Å². The lowest BCUT2D eigenvalue weighted by atomic mass is 9.98. The Kier molecular flexibility index (Phi) is 4.23. The van der Waals surface area contributed by atoms with E-state index in [4.69, 9.17) is 0 Å². The molecule has 1 aliphatic heterocycles. The van der Waals surface area contributed by atoms with Gasteiger partial charge in [0.05, 0.1) is 17.0 Å². The molecule has 2 aromatic heterocycles. The third-order valence-electron chi connectivity index (χ3n) is 5.42. The Hall–Kier alpha value is -2.69. The molecular weight excluding hydrogens is 324 g/mol. The number of carbonyl (C=O) groups excluding carboxylic acids is 1. The molecule has 0 saturated carbocycles. The first-order chi connectivity index (χ1) is 12.6. The topological polar surface area (TPSA) is 50.5 Å². The molecule has 0 spiro atoms. The molecule has 0 atom stereocenters. The van der Waals surface area contributed by atoms with E-state index in [0.717, 1.165) is 54.1 Å². The lowest BCUT2D eigenvalue weighted by Gasteiger charge is -2.30. The van der Waals surface area contributed by atoms with Crippen molar-refractivity contribution in [3.63, 3.8) is 0 Å². The van der Waals surface area contributed by atoms with E-state index in [1.807, 2.05) is 41.5 Å². The van der Waals surface area contributed by atoms with Crippen LogP contribution in [0.4, 0.5) is 0 Å². The minimum Gasteiger partial charge on any atom is -0.339 e. The molecular formula is C21H24N4O. The fourth-order valence-corrected chi connectivity index (χ4v) is 3.74.